The Morgan fingerprint density at radius 1 is 1.35 bits per heavy atom. The van der Waals surface area contributed by atoms with E-state index in [1.807, 2.05) is 6.92 Å². The van der Waals surface area contributed by atoms with Crippen LogP contribution in [0.25, 0.3) is 11.0 Å². The summed E-state index contributed by atoms with van der Waals surface area (Å²) in [6.07, 6.45) is 1.44. The molecule has 2 fully saturated rings. The summed E-state index contributed by atoms with van der Waals surface area (Å²) in [5.41, 5.74) is 1.55. The summed E-state index contributed by atoms with van der Waals surface area (Å²) in [4.78, 5) is 8.71. The molecule has 2 N–H and O–H groups in total. The molecule has 0 radical (unpaired) electrons. The molecule has 2 aliphatic heterocycles. The monoisotopic (exact) mass is 487 g/mol. The second kappa shape index (κ2) is 7.65. The van der Waals surface area contributed by atoms with Gasteiger partial charge in [-0.05, 0) is 41.1 Å². The number of nitrogens with zero attached hydrogens (tertiary/aromatic N) is 3. The largest absolute Gasteiger partial charge is 0.394 e. The van der Waals surface area contributed by atoms with Crippen molar-refractivity contribution in [1.82, 2.24) is 14.5 Å². The van der Waals surface area contributed by atoms with E-state index < -0.39 is 24.0 Å². The molecule has 5 rings (SSSR count). The highest BCUT2D eigenvalue weighted by molar-refractivity contribution is 9.10. The zero-order chi connectivity index (χ0) is 21.8. The third-order valence-corrected chi connectivity index (χ3v) is 6.57. The maximum Gasteiger partial charge on any atom is 0.167 e. The molecule has 0 unspecified atom stereocenters. The fraction of sp³-hybridized carbons (Fsp3) is 0.364. The van der Waals surface area contributed by atoms with Crippen LogP contribution in [0.15, 0.2) is 35.2 Å². The number of benzene rings is 1. The van der Waals surface area contributed by atoms with Crippen LogP contribution in [-0.4, -0.2) is 55.8 Å². The minimum Gasteiger partial charge on any atom is -0.394 e. The molecule has 2 aromatic heterocycles. The van der Waals surface area contributed by atoms with Gasteiger partial charge in [0.25, 0.3) is 0 Å². The summed E-state index contributed by atoms with van der Waals surface area (Å²) in [5, 5.41) is 21.1. The fourth-order valence-corrected chi connectivity index (χ4v) is 4.50. The summed E-state index contributed by atoms with van der Waals surface area (Å²) in [5.74, 6) is 5.69. The van der Waals surface area contributed by atoms with Crippen LogP contribution in [0.3, 0.4) is 0 Å². The van der Waals surface area contributed by atoms with Crippen molar-refractivity contribution in [2.75, 3.05) is 13.2 Å². The van der Waals surface area contributed by atoms with Crippen molar-refractivity contribution in [1.29, 1.82) is 0 Å². The lowest BCUT2D eigenvalue weighted by Gasteiger charge is -2.44. The minimum absolute atomic E-state index is 0.322. The van der Waals surface area contributed by atoms with E-state index in [-0.39, 0.29) is 12.4 Å². The summed E-state index contributed by atoms with van der Waals surface area (Å²) in [6, 6.07) is 4.69. The highest BCUT2D eigenvalue weighted by Crippen LogP contribution is 2.49. The predicted octanol–water partition coefficient (Wildman–Crippen LogP) is 2.45. The average molecular weight is 488 g/mol. The number of aromatic nitrogens is 3. The molecule has 1 aromatic carbocycles. The lowest BCUT2D eigenvalue weighted by molar-refractivity contribution is -0.225. The van der Waals surface area contributed by atoms with Gasteiger partial charge in [0.2, 0.25) is 0 Å². The Hall–Kier alpha value is -2.35. The SMILES string of the molecule is Cc1ncnc2c1c(C#Cc1ccc(Br)c(F)c1)cn2[C@@H]1O[C@H](CO)[C@@H](O)[C@]12CCO2. The van der Waals surface area contributed by atoms with Gasteiger partial charge in [-0.15, -0.1) is 0 Å². The van der Waals surface area contributed by atoms with E-state index in [1.165, 1.54) is 12.4 Å². The highest BCUT2D eigenvalue weighted by atomic mass is 79.9. The molecule has 160 valence electrons. The predicted molar refractivity (Wildman–Crippen MR) is 113 cm³/mol. The molecule has 4 atom stereocenters. The molecule has 0 bridgehead atoms. The van der Waals surface area contributed by atoms with Crippen LogP contribution in [0.2, 0.25) is 0 Å². The van der Waals surface area contributed by atoms with E-state index in [9.17, 15) is 14.6 Å². The number of halogens is 2. The number of ether oxygens (including phenoxy) is 2. The van der Waals surface area contributed by atoms with Crippen molar-refractivity contribution < 1.29 is 24.1 Å². The Labute approximate surface area is 186 Å². The van der Waals surface area contributed by atoms with Crippen LogP contribution >= 0.6 is 15.9 Å². The summed E-state index contributed by atoms with van der Waals surface area (Å²) < 4.78 is 27.8. The first-order chi connectivity index (χ1) is 14.9. The summed E-state index contributed by atoms with van der Waals surface area (Å²) >= 11 is 3.14. The quantitative estimate of drug-likeness (QED) is 0.539. The van der Waals surface area contributed by atoms with Gasteiger partial charge in [0.15, 0.2) is 6.23 Å². The molecule has 9 heteroatoms. The molecule has 31 heavy (non-hydrogen) atoms. The van der Waals surface area contributed by atoms with Gasteiger partial charge in [-0.2, -0.15) is 0 Å². The van der Waals surface area contributed by atoms with Crippen molar-refractivity contribution in [3.63, 3.8) is 0 Å². The zero-order valence-corrected chi connectivity index (χ0v) is 18.1. The third-order valence-electron chi connectivity index (χ3n) is 5.93. The lowest BCUT2D eigenvalue weighted by Crippen LogP contribution is -2.56. The van der Waals surface area contributed by atoms with E-state index in [2.05, 4.69) is 37.7 Å². The van der Waals surface area contributed by atoms with Crippen molar-refractivity contribution >= 4 is 27.0 Å². The van der Waals surface area contributed by atoms with Crippen LogP contribution in [0.5, 0.6) is 0 Å². The number of aryl methyl sites for hydroxylation is 1. The number of aliphatic hydroxyl groups excluding tert-OH is 2. The summed E-state index contributed by atoms with van der Waals surface area (Å²) in [7, 11) is 0. The first-order valence-electron chi connectivity index (χ1n) is 9.82. The molecular weight excluding hydrogens is 469 g/mol. The number of hydrogen-bond donors (Lipinski definition) is 2. The third kappa shape index (κ3) is 3.18. The standard InChI is InChI=1S/C22H19BrFN3O4/c1-12-18-14(4-2-13-3-5-15(23)16(24)8-13)9-27(20(18)26-11-25-12)21-22(6-7-30-22)19(29)17(10-28)31-21/h3,5,8-9,11,17,19,21,28-29H,6-7,10H2,1H3/t17-,19-,21-,22-/m1/s1. The topological polar surface area (TPSA) is 89.6 Å². The molecular formula is C22H19BrFN3O4. The van der Waals surface area contributed by atoms with Crippen LogP contribution in [-0.2, 0) is 9.47 Å². The second-order valence-electron chi connectivity index (χ2n) is 7.69. The maximum absolute atomic E-state index is 13.9. The Bertz CT molecular complexity index is 1230. The van der Waals surface area contributed by atoms with Crippen LogP contribution < -0.4 is 0 Å². The minimum atomic E-state index is -0.961. The maximum atomic E-state index is 13.9. The molecule has 0 aliphatic carbocycles. The fourth-order valence-electron chi connectivity index (χ4n) is 4.25. The highest BCUT2D eigenvalue weighted by Gasteiger charge is 2.61. The molecule has 3 aromatic rings. The van der Waals surface area contributed by atoms with Gasteiger partial charge in [-0.25, -0.2) is 14.4 Å². The number of hydrogen-bond acceptors (Lipinski definition) is 6. The van der Waals surface area contributed by atoms with E-state index in [0.29, 0.717) is 34.3 Å². The molecule has 4 heterocycles. The second-order valence-corrected chi connectivity index (χ2v) is 8.55. The van der Waals surface area contributed by atoms with Gasteiger partial charge in [0.05, 0.1) is 34.3 Å². The molecule has 1 spiro atoms. The molecule has 7 nitrogen and oxygen atoms in total. The van der Waals surface area contributed by atoms with E-state index in [0.717, 1.165) is 11.1 Å². The van der Waals surface area contributed by atoms with Crippen molar-refractivity contribution in [3.8, 4) is 11.8 Å². The van der Waals surface area contributed by atoms with Crippen LogP contribution in [0.1, 0.15) is 29.5 Å². The van der Waals surface area contributed by atoms with E-state index in [1.54, 1.807) is 22.9 Å². The van der Waals surface area contributed by atoms with Crippen LogP contribution in [0.4, 0.5) is 4.39 Å². The molecule has 2 aliphatic rings. The van der Waals surface area contributed by atoms with Crippen molar-refractivity contribution in [2.24, 2.45) is 0 Å². The number of fused-ring (bicyclic) bond motifs is 1. The Morgan fingerprint density at radius 3 is 2.84 bits per heavy atom. The van der Waals surface area contributed by atoms with Crippen LogP contribution in [0, 0.1) is 24.6 Å². The first-order valence-corrected chi connectivity index (χ1v) is 10.6. The average Bonchev–Trinajstić information content (AvgIpc) is 3.24. The lowest BCUT2D eigenvalue weighted by atomic mass is 9.86. The smallest absolute Gasteiger partial charge is 0.167 e. The molecule has 2 saturated heterocycles. The summed E-state index contributed by atoms with van der Waals surface area (Å²) in [6.45, 7) is 2.04. The van der Waals surface area contributed by atoms with Gasteiger partial charge in [0.1, 0.15) is 35.6 Å². The van der Waals surface area contributed by atoms with E-state index >= 15 is 0 Å². The van der Waals surface area contributed by atoms with E-state index in [4.69, 9.17) is 9.47 Å². The van der Waals surface area contributed by atoms with Crippen molar-refractivity contribution in [3.05, 3.63) is 57.8 Å². The first kappa shape index (κ1) is 20.5. The van der Waals surface area contributed by atoms with Gasteiger partial charge in [-0.3, -0.25) is 0 Å². The van der Waals surface area contributed by atoms with Gasteiger partial charge >= 0.3 is 0 Å². The Balaban J connectivity index is 1.63. The number of rotatable bonds is 2. The molecule has 0 saturated carbocycles. The van der Waals surface area contributed by atoms with Crippen molar-refractivity contribution in [2.45, 2.75) is 37.4 Å². The van der Waals surface area contributed by atoms with Gasteiger partial charge in [-0.1, -0.05) is 11.8 Å². The Kier molecular flexibility index (Phi) is 5.07. The normalized spacial score (nSPS) is 27.3. The number of aliphatic hydroxyl groups is 2. The zero-order valence-electron chi connectivity index (χ0n) is 16.5. The molecule has 0 amide bonds. The Morgan fingerprint density at radius 2 is 2.16 bits per heavy atom. The van der Waals surface area contributed by atoms with Gasteiger partial charge in [0, 0.05) is 18.2 Å². The van der Waals surface area contributed by atoms with Gasteiger partial charge < -0.3 is 24.3 Å².